The number of allylic oxidation sites excluding steroid dienone is 5. The van der Waals surface area contributed by atoms with E-state index in [0.29, 0.717) is 19.4 Å². The number of hydrogen-bond acceptors (Lipinski definition) is 5. The fourth-order valence-electron chi connectivity index (χ4n) is 13.5. The zero-order chi connectivity index (χ0) is 66.3. The van der Waals surface area contributed by atoms with Gasteiger partial charge in [0.1, 0.15) is 0 Å². The summed E-state index contributed by atoms with van der Waals surface area (Å²) in [5, 5.41) is 23.3. The maximum atomic E-state index is 12.6. The van der Waals surface area contributed by atoms with Crippen LogP contribution in [0.5, 0.6) is 0 Å². The quantitative estimate of drug-likeness (QED) is 0.0320. The van der Waals surface area contributed by atoms with E-state index < -0.39 is 12.1 Å². The van der Waals surface area contributed by atoms with Crippen molar-refractivity contribution in [2.45, 2.75) is 488 Å². The molecular formula is C86H165NO5. The molecule has 0 bridgehead atoms. The predicted molar refractivity (Wildman–Crippen MR) is 407 cm³/mol. The summed E-state index contributed by atoms with van der Waals surface area (Å²) in [7, 11) is 0. The summed E-state index contributed by atoms with van der Waals surface area (Å²) in [6.45, 7) is 4.96. The molecule has 2 atom stereocenters. The Morgan fingerprint density at radius 3 is 0.772 bits per heavy atom. The number of unbranched alkanes of at least 4 members (excludes halogenated alkanes) is 65. The average Bonchev–Trinajstić information content (AvgIpc) is 3.77. The highest BCUT2D eigenvalue weighted by molar-refractivity contribution is 5.76. The lowest BCUT2D eigenvalue weighted by molar-refractivity contribution is -0.143. The number of ether oxygens (including phenoxy) is 1. The molecule has 0 aliphatic carbocycles. The van der Waals surface area contributed by atoms with Crippen molar-refractivity contribution in [1.29, 1.82) is 0 Å². The molecule has 3 N–H and O–H groups in total. The van der Waals surface area contributed by atoms with Crippen LogP contribution in [0.4, 0.5) is 0 Å². The van der Waals surface area contributed by atoms with Crippen LogP contribution in [0.15, 0.2) is 36.5 Å². The lowest BCUT2D eigenvalue weighted by atomic mass is 10.0. The summed E-state index contributed by atoms with van der Waals surface area (Å²) in [6, 6.07) is -0.627. The number of aliphatic hydroxyl groups excluding tert-OH is 2. The van der Waals surface area contributed by atoms with Gasteiger partial charge >= 0.3 is 5.97 Å². The van der Waals surface area contributed by atoms with E-state index >= 15 is 0 Å². The first-order chi connectivity index (χ1) is 45.5. The van der Waals surface area contributed by atoms with E-state index in [4.69, 9.17) is 4.74 Å². The van der Waals surface area contributed by atoms with E-state index in [-0.39, 0.29) is 18.5 Å². The van der Waals surface area contributed by atoms with Crippen molar-refractivity contribution < 1.29 is 24.5 Å². The summed E-state index contributed by atoms with van der Waals surface area (Å²) in [6.07, 6.45) is 107. The molecule has 0 aromatic heterocycles. The van der Waals surface area contributed by atoms with Crippen molar-refractivity contribution in [1.82, 2.24) is 5.32 Å². The molecule has 0 aromatic carbocycles. The smallest absolute Gasteiger partial charge is 0.305 e. The first kappa shape index (κ1) is 90.1. The Labute approximate surface area is 576 Å². The monoisotopic (exact) mass is 1290 g/mol. The fourth-order valence-corrected chi connectivity index (χ4v) is 13.5. The molecule has 1 amide bonds. The van der Waals surface area contributed by atoms with E-state index in [9.17, 15) is 19.8 Å². The normalized spacial score (nSPS) is 12.6. The van der Waals surface area contributed by atoms with Crippen molar-refractivity contribution in [3.8, 4) is 0 Å². The highest BCUT2D eigenvalue weighted by Crippen LogP contribution is 2.20. The van der Waals surface area contributed by atoms with Gasteiger partial charge in [0.15, 0.2) is 0 Å². The first-order valence-electron chi connectivity index (χ1n) is 42.3. The molecule has 0 saturated heterocycles. The van der Waals surface area contributed by atoms with Gasteiger partial charge in [0, 0.05) is 12.8 Å². The van der Waals surface area contributed by atoms with Gasteiger partial charge in [-0.25, -0.2) is 0 Å². The molecule has 0 spiro atoms. The molecule has 6 nitrogen and oxygen atoms in total. The summed E-state index contributed by atoms with van der Waals surface area (Å²) in [5.74, 6) is -0.0414. The summed E-state index contributed by atoms with van der Waals surface area (Å²) >= 11 is 0. The van der Waals surface area contributed by atoms with Crippen LogP contribution in [-0.2, 0) is 14.3 Å². The van der Waals surface area contributed by atoms with E-state index in [1.165, 1.54) is 405 Å². The van der Waals surface area contributed by atoms with E-state index in [1.807, 2.05) is 6.08 Å². The molecule has 0 saturated carbocycles. The lowest BCUT2D eigenvalue weighted by Crippen LogP contribution is -2.45. The molecule has 0 aliphatic rings. The number of amides is 1. The first-order valence-corrected chi connectivity index (χ1v) is 42.3. The molecule has 0 heterocycles. The van der Waals surface area contributed by atoms with Gasteiger partial charge in [0.25, 0.3) is 0 Å². The molecule has 0 rings (SSSR count). The van der Waals surface area contributed by atoms with Crippen LogP contribution in [-0.4, -0.2) is 47.4 Å². The van der Waals surface area contributed by atoms with Gasteiger partial charge in [0.2, 0.25) is 5.91 Å². The fraction of sp³-hybridized carbons (Fsp3) is 0.907. The van der Waals surface area contributed by atoms with E-state index in [2.05, 4.69) is 43.5 Å². The number of nitrogens with one attached hydrogen (secondary N) is 1. The summed E-state index contributed by atoms with van der Waals surface area (Å²) < 4.78 is 5.51. The second-order valence-electron chi connectivity index (χ2n) is 29.2. The van der Waals surface area contributed by atoms with Gasteiger partial charge in [0.05, 0.1) is 25.4 Å². The van der Waals surface area contributed by atoms with Crippen molar-refractivity contribution in [3.05, 3.63) is 36.5 Å². The van der Waals surface area contributed by atoms with Crippen LogP contribution >= 0.6 is 0 Å². The Balaban J connectivity index is 3.36. The molecule has 92 heavy (non-hydrogen) atoms. The van der Waals surface area contributed by atoms with Gasteiger partial charge in [-0.1, -0.05) is 416 Å². The Bertz CT molecular complexity index is 1490. The lowest BCUT2D eigenvalue weighted by Gasteiger charge is -2.20. The van der Waals surface area contributed by atoms with Crippen molar-refractivity contribution in [2.75, 3.05) is 13.2 Å². The second-order valence-corrected chi connectivity index (χ2v) is 29.2. The minimum absolute atomic E-state index is 0.0180. The number of rotatable bonds is 80. The van der Waals surface area contributed by atoms with Crippen LogP contribution in [0.25, 0.3) is 0 Å². The van der Waals surface area contributed by atoms with E-state index in [0.717, 1.165) is 44.9 Å². The van der Waals surface area contributed by atoms with Crippen LogP contribution in [0, 0.1) is 0 Å². The topological polar surface area (TPSA) is 95.9 Å². The predicted octanol–water partition coefficient (Wildman–Crippen LogP) is 28.2. The van der Waals surface area contributed by atoms with Crippen molar-refractivity contribution in [2.24, 2.45) is 0 Å². The minimum Gasteiger partial charge on any atom is -0.466 e. The van der Waals surface area contributed by atoms with Gasteiger partial charge in [-0.05, 0) is 83.5 Å². The maximum absolute atomic E-state index is 12.6. The zero-order valence-electron chi connectivity index (χ0n) is 62.6. The van der Waals surface area contributed by atoms with Crippen LogP contribution in [0.1, 0.15) is 476 Å². The highest BCUT2D eigenvalue weighted by atomic mass is 16.5. The molecule has 0 aromatic rings. The molecule has 6 heteroatoms. The zero-order valence-corrected chi connectivity index (χ0v) is 62.6. The van der Waals surface area contributed by atoms with Crippen LogP contribution < -0.4 is 5.32 Å². The third-order valence-electron chi connectivity index (χ3n) is 19.9. The summed E-state index contributed by atoms with van der Waals surface area (Å²) in [4.78, 5) is 24.7. The molecule has 0 aliphatic heterocycles. The molecule has 2 unspecified atom stereocenters. The Morgan fingerprint density at radius 2 is 0.511 bits per heavy atom. The van der Waals surface area contributed by atoms with Crippen molar-refractivity contribution >= 4 is 11.9 Å². The Morgan fingerprint density at radius 1 is 0.293 bits per heavy atom. The average molecular weight is 1290 g/mol. The maximum Gasteiger partial charge on any atom is 0.305 e. The van der Waals surface area contributed by atoms with Gasteiger partial charge in [-0.3, -0.25) is 9.59 Å². The number of carbonyl (C=O) groups excluding carboxylic acids is 2. The number of aliphatic hydroxyl groups is 2. The second kappa shape index (κ2) is 81.5. The largest absolute Gasteiger partial charge is 0.466 e. The third kappa shape index (κ3) is 77.1. The molecule has 0 fully saturated rings. The minimum atomic E-state index is -0.844. The van der Waals surface area contributed by atoms with Crippen molar-refractivity contribution in [3.63, 3.8) is 0 Å². The molecular weight excluding hydrogens is 1130 g/mol. The van der Waals surface area contributed by atoms with Crippen LogP contribution in [0.3, 0.4) is 0 Å². The van der Waals surface area contributed by atoms with Gasteiger partial charge < -0.3 is 20.3 Å². The van der Waals surface area contributed by atoms with Crippen LogP contribution in [0.2, 0.25) is 0 Å². The number of hydrogen-bond donors (Lipinski definition) is 3. The molecule has 0 radical (unpaired) electrons. The Kier molecular flexibility index (Phi) is 79.8. The number of esters is 1. The standard InChI is InChI=1S/C86H165NO5/c1-3-5-7-9-11-13-15-17-19-21-23-24-40-43-46-50-54-58-62-66-70-74-78-84(89)83(82-88)87-85(90)79-75-71-67-63-59-55-51-47-44-41-38-36-34-32-30-28-26-25-27-29-31-33-35-37-39-42-45-49-53-57-61-65-69-73-77-81-92-86(91)80-76-72-68-64-60-56-52-48-22-20-18-16-14-12-10-8-6-4-2/h20,22,27,29,74,78,83-84,88-89H,3-19,21,23-26,28,30-73,75-77,79-82H2,1-2H3,(H,87,90)/b22-20-,29-27-,78-74+. The summed E-state index contributed by atoms with van der Waals surface area (Å²) in [5.41, 5.74) is 0. The SMILES string of the molecule is CCCCCCCCC/C=C\CCCCCCCCCC(=O)OCCCCCCCCCCCCCCCC/C=C\CCCCCCCCCCCCCCCCCCCC(=O)NC(CO)C(O)/C=C/CCCCCCCCCCCCCCCCCCCCCC. The van der Waals surface area contributed by atoms with Gasteiger partial charge in [-0.2, -0.15) is 0 Å². The highest BCUT2D eigenvalue weighted by Gasteiger charge is 2.18. The Hall–Kier alpha value is -1.92. The van der Waals surface area contributed by atoms with E-state index in [1.54, 1.807) is 6.08 Å². The number of carbonyl (C=O) groups is 2. The molecule has 544 valence electrons. The third-order valence-corrected chi connectivity index (χ3v) is 19.9. The van der Waals surface area contributed by atoms with Gasteiger partial charge in [-0.15, -0.1) is 0 Å².